The van der Waals surface area contributed by atoms with Gasteiger partial charge in [-0.2, -0.15) is 0 Å². The van der Waals surface area contributed by atoms with Gasteiger partial charge in [-0.3, -0.25) is 0 Å². The fraction of sp³-hybridized carbons (Fsp3) is 0.529. The van der Waals surface area contributed by atoms with Gasteiger partial charge >= 0.3 is 12.2 Å². The van der Waals surface area contributed by atoms with Gasteiger partial charge in [-0.05, 0) is 23.6 Å². The molecule has 1 rings (SSSR count). The minimum Gasteiger partial charge on any atom is -0.449 e. The zero-order valence-corrected chi connectivity index (χ0v) is 14.8. The van der Waals surface area contributed by atoms with E-state index in [1.165, 1.54) is 9.80 Å². The van der Waals surface area contributed by atoms with Crippen molar-refractivity contribution in [1.82, 2.24) is 9.80 Å². The molecule has 0 aliphatic heterocycles. The molecule has 0 aliphatic rings. The third kappa shape index (κ3) is 7.21. The smallest absolute Gasteiger partial charge is 0.409 e. The van der Waals surface area contributed by atoms with Crippen LogP contribution in [-0.2, 0) is 16.1 Å². The van der Waals surface area contributed by atoms with E-state index in [0.29, 0.717) is 25.4 Å². The molecular weight excluding hydrogens is 310 g/mol. The van der Waals surface area contributed by atoms with Crippen LogP contribution in [0.25, 0.3) is 0 Å². The van der Waals surface area contributed by atoms with Gasteiger partial charge in [-0.15, -0.1) is 0 Å². The Hall–Kier alpha value is -2.44. The Morgan fingerprint density at radius 3 is 2.00 bits per heavy atom. The number of anilines is 1. The maximum atomic E-state index is 11.9. The van der Waals surface area contributed by atoms with E-state index in [1.54, 1.807) is 38.4 Å². The van der Waals surface area contributed by atoms with E-state index < -0.39 is 12.2 Å². The van der Waals surface area contributed by atoms with Gasteiger partial charge in [0.1, 0.15) is 6.61 Å². The van der Waals surface area contributed by atoms with Crippen LogP contribution in [0.5, 0.6) is 0 Å². The van der Waals surface area contributed by atoms with Gasteiger partial charge in [0.15, 0.2) is 0 Å². The molecule has 0 saturated carbocycles. The van der Waals surface area contributed by atoms with Gasteiger partial charge in [0.25, 0.3) is 0 Å². The molecule has 24 heavy (non-hydrogen) atoms. The number of amides is 2. The first-order chi connectivity index (χ1) is 11.3. The van der Waals surface area contributed by atoms with Crippen LogP contribution in [0.3, 0.4) is 0 Å². The van der Waals surface area contributed by atoms with Crippen molar-refractivity contribution in [2.24, 2.45) is 5.92 Å². The number of hydrogen-bond donors (Lipinski definition) is 1. The topological polar surface area (TPSA) is 85.1 Å². The van der Waals surface area contributed by atoms with Crippen LogP contribution in [0.15, 0.2) is 24.3 Å². The van der Waals surface area contributed by atoms with E-state index in [9.17, 15) is 9.59 Å². The number of carbonyl (C=O) groups is 2. The Labute approximate surface area is 143 Å². The summed E-state index contributed by atoms with van der Waals surface area (Å²) in [5.74, 6) is 0.285. The summed E-state index contributed by atoms with van der Waals surface area (Å²) in [7, 11) is 3.26. The predicted molar refractivity (Wildman–Crippen MR) is 92.5 cm³/mol. The second-order valence-corrected chi connectivity index (χ2v) is 6.11. The summed E-state index contributed by atoms with van der Waals surface area (Å²) < 4.78 is 10.3. The molecule has 7 nitrogen and oxygen atoms in total. The molecule has 1 aromatic carbocycles. The monoisotopic (exact) mass is 337 g/mol. The van der Waals surface area contributed by atoms with Crippen LogP contribution in [-0.4, -0.2) is 55.8 Å². The Kier molecular flexibility index (Phi) is 7.88. The van der Waals surface area contributed by atoms with Gasteiger partial charge in [0.2, 0.25) is 0 Å². The molecule has 7 heteroatoms. The molecule has 0 unspecified atom stereocenters. The molecule has 0 atom stereocenters. The van der Waals surface area contributed by atoms with Gasteiger partial charge in [-0.1, -0.05) is 26.0 Å². The molecule has 0 saturated heterocycles. The first kappa shape index (κ1) is 19.6. The van der Waals surface area contributed by atoms with Crippen molar-refractivity contribution in [3.8, 4) is 0 Å². The van der Waals surface area contributed by atoms with Crippen molar-refractivity contribution in [2.45, 2.75) is 20.5 Å². The Morgan fingerprint density at radius 1 is 1.00 bits per heavy atom. The zero-order valence-electron chi connectivity index (χ0n) is 14.8. The Bertz CT molecular complexity index is 531. The highest BCUT2D eigenvalue weighted by molar-refractivity contribution is 5.68. The van der Waals surface area contributed by atoms with Crippen molar-refractivity contribution in [3.05, 3.63) is 29.8 Å². The van der Waals surface area contributed by atoms with E-state index >= 15 is 0 Å². The minimum absolute atomic E-state index is 0.176. The lowest BCUT2D eigenvalue weighted by molar-refractivity contribution is 0.0875. The normalized spacial score (nSPS) is 10.4. The highest BCUT2D eigenvalue weighted by Gasteiger charge is 2.15. The molecule has 0 heterocycles. The minimum atomic E-state index is -0.448. The number of ether oxygens (including phenoxy) is 2. The molecular formula is C17H27N3O4. The number of rotatable bonds is 7. The SMILES string of the molecule is CC(C)COC(=O)N(C)CCN(C)C(=O)OCc1ccc(N)cc1. The molecule has 2 amide bonds. The van der Waals surface area contributed by atoms with Crippen LogP contribution >= 0.6 is 0 Å². The molecule has 2 N–H and O–H groups in total. The van der Waals surface area contributed by atoms with Gasteiger partial charge < -0.3 is 25.0 Å². The lowest BCUT2D eigenvalue weighted by Crippen LogP contribution is -2.38. The van der Waals surface area contributed by atoms with Crippen LogP contribution in [0, 0.1) is 5.92 Å². The third-order valence-electron chi connectivity index (χ3n) is 3.28. The van der Waals surface area contributed by atoms with Crippen molar-refractivity contribution < 1.29 is 19.1 Å². The van der Waals surface area contributed by atoms with E-state index in [0.717, 1.165) is 5.56 Å². The number of nitrogen functional groups attached to an aromatic ring is 1. The molecule has 0 aromatic heterocycles. The first-order valence-corrected chi connectivity index (χ1v) is 7.89. The molecule has 0 spiro atoms. The summed E-state index contributed by atoms with van der Waals surface area (Å²) >= 11 is 0. The van der Waals surface area contributed by atoms with E-state index in [-0.39, 0.29) is 12.5 Å². The van der Waals surface area contributed by atoms with Gasteiger partial charge in [0, 0.05) is 32.9 Å². The Balaban J connectivity index is 2.30. The molecule has 1 aromatic rings. The fourth-order valence-corrected chi connectivity index (χ4v) is 1.70. The predicted octanol–water partition coefficient (Wildman–Crippen LogP) is 2.56. The number of carbonyl (C=O) groups excluding carboxylic acids is 2. The average molecular weight is 337 g/mol. The summed E-state index contributed by atoms with van der Waals surface area (Å²) in [6.45, 7) is 5.22. The summed E-state index contributed by atoms with van der Waals surface area (Å²) in [6, 6.07) is 7.12. The van der Waals surface area contributed by atoms with Crippen LogP contribution in [0.2, 0.25) is 0 Å². The highest BCUT2D eigenvalue weighted by atomic mass is 16.6. The number of nitrogens with zero attached hydrogens (tertiary/aromatic N) is 2. The summed E-state index contributed by atoms with van der Waals surface area (Å²) in [4.78, 5) is 26.5. The van der Waals surface area contributed by atoms with Crippen LogP contribution in [0.4, 0.5) is 15.3 Å². The van der Waals surface area contributed by atoms with E-state index in [4.69, 9.17) is 15.2 Å². The molecule has 0 bridgehead atoms. The highest BCUT2D eigenvalue weighted by Crippen LogP contribution is 2.07. The summed E-state index contributed by atoms with van der Waals surface area (Å²) in [5, 5.41) is 0. The lowest BCUT2D eigenvalue weighted by Gasteiger charge is -2.22. The standard InChI is InChI=1S/C17H27N3O4/c1-13(2)11-23-16(21)19(3)9-10-20(4)17(22)24-12-14-5-7-15(18)8-6-14/h5-8,13H,9-12,18H2,1-4H3. The second-order valence-electron chi connectivity index (χ2n) is 6.11. The quantitative estimate of drug-likeness (QED) is 0.773. The van der Waals surface area contributed by atoms with Crippen LogP contribution in [0.1, 0.15) is 19.4 Å². The van der Waals surface area contributed by atoms with Crippen LogP contribution < -0.4 is 5.73 Å². The van der Waals surface area contributed by atoms with Crippen molar-refractivity contribution in [1.29, 1.82) is 0 Å². The fourth-order valence-electron chi connectivity index (χ4n) is 1.70. The third-order valence-corrected chi connectivity index (χ3v) is 3.28. The Morgan fingerprint density at radius 2 is 1.50 bits per heavy atom. The molecule has 0 fully saturated rings. The number of nitrogens with two attached hydrogens (primary N) is 1. The summed E-state index contributed by atoms with van der Waals surface area (Å²) in [6.07, 6.45) is -0.844. The average Bonchev–Trinajstić information content (AvgIpc) is 2.56. The maximum absolute atomic E-state index is 11.9. The molecule has 0 aliphatic carbocycles. The van der Waals surface area contributed by atoms with Gasteiger partial charge in [0.05, 0.1) is 6.61 Å². The maximum Gasteiger partial charge on any atom is 0.409 e. The molecule has 0 radical (unpaired) electrons. The second kappa shape index (κ2) is 9.64. The number of likely N-dealkylation sites (N-methyl/N-ethyl adjacent to an activating group) is 2. The van der Waals surface area contributed by atoms with E-state index in [2.05, 4.69) is 0 Å². The zero-order chi connectivity index (χ0) is 18.1. The number of hydrogen-bond acceptors (Lipinski definition) is 5. The first-order valence-electron chi connectivity index (χ1n) is 7.89. The van der Waals surface area contributed by atoms with Gasteiger partial charge in [-0.25, -0.2) is 9.59 Å². The lowest BCUT2D eigenvalue weighted by atomic mass is 10.2. The summed E-state index contributed by atoms with van der Waals surface area (Å²) in [5.41, 5.74) is 7.13. The van der Waals surface area contributed by atoms with E-state index in [1.807, 2.05) is 13.8 Å². The number of benzene rings is 1. The largest absolute Gasteiger partial charge is 0.449 e. The van der Waals surface area contributed by atoms with Crippen molar-refractivity contribution in [3.63, 3.8) is 0 Å². The molecule has 134 valence electrons. The van der Waals surface area contributed by atoms with Crippen molar-refractivity contribution in [2.75, 3.05) is 39.5 Å². The van der Waals surface area contributed by atoms with Crippen molar-refractivity contribution >= 4 is 17.9 Å².